The van der Waals surface area contributed by atoms with Crippen molar-refractivity contribution in [3.05, 3.63) is 69.5 Å². The molecule has 186 valence electrons. The molecule has 4 rings (SSSR count). The van der Waals surface area contributed by atoms with Crippen molar-refractivity contribution in [1.82, 2.24) is 0 Å². The van der Waals surface area contributed by atoms with Gasteiger partial charge >= 0.3 is 0 Å². The average molecular weight is 491 g/mol. The van der Waals surface area contributed by atoms with Gasteiger partial charge in [-0.1, -0.05) is 75.6 Å². The maximum absolute atomic E-state index is 14.8. The zero-order chi connectivity index (χ0) is 24.1. The van der Waals surface area contributed by atoms with E-state index in [0.29, 0.717) is 29.9 Å². The van der Waals surface area contributed by atoms with Crippen molar-refractivity contribution in [2.75, 3.05) is 0 Å². The Morgan fingerprint density at radius 3 is 1.82 bits per heavy atom. The first kappa shape index (κ1) is 25.6. The number of benzene rings is 2. The summed E-state index contributed by atoms with van der Waals surface area (Å²) in [6.45, 7) is 2.33. The molecule has 0 radical (unpaired) electrons. The largest absolute Gasteiger partial charge is 0.207 e. The van der Waals surface area contributed by atoms with E-state index in [2.05, 4.69) is 13.0 Å². The molecule has 2 fully saturated rings. The topological polar surface area (TPSA) is 0 Å². The molecule has 0 amide bonds. The lowest BCUT2D eigenvalue weighted by molar-refractivity contribution is 0.227. The first-order valence-corrected chi connectivity index (χ1v) is 13.7. The van der Waals surface area contributed by atoms with E-state index < -0.39 is 16.7 Å². The summed E-state index contributed by atoms with van der Waals surface area (Å²) in [5.74, 6) is 1.45. The minimum atomic E-state index is -0.771. The fraction of sp³-hybridized carbons (Fsp3) is 0.600. The summed E-state index contributed by atoms with van der Waals surface area (Å²) in [4.78, 5) is 0. The third-order valence-electron chi connectivity index (χ3n) is 8.65. The van der Waals surface area contributed by atoms with Gasteiger partial charge in [0, 0.05) is 0 Å². The predicted octanol–water partition coefficient (Wildman–Crippen LogP) is 9.81. The molecule has 0 unspecified atom stereocenters. The molecule has 0 saturated heterocycles. The minimum Gasteiger partial charge on any atom is -0.207 e. The Morgan fingerprint density at radius 1 is 0.706 bits per heavy atom. The SMILES string of the molecule is CC[C@H]1CC[C@H](CCC2CCC(c3ccc(CCc4cc(F)c(Cl)c(F)c4)c(F)c3)CC2)CC1. The zero-order valence-electron chi connectivity index (χ0n) is 20.4. The van der Waals surface area contributed by atoms with Crippen LogP contribution < -0.4 is 0 Å². The fourth-order valence-corrected chi connectivity index (χ4v) is 6.34. The van der Waals surface area contributed by atoms with Gasteiger partial charge in [-0.2, -0.15) is 0 Å². The van der Waals surface area contributed by atoms with Crippen LogP contribution >= 0.6 is 11.6 Å². The normalized spacial score (nSPS) is 25.4. The van der Waals surface area contributed by atoms with Gasteiger partial charge in [-0.15, -0.1) is 0 Å². The second kappa shape index (κ2) is 12.0. The minimum absolute atomic E-state index is 0.211. The molecule has 0 aromatic heterocycles. The van der Waals surface area contributed by atoms with Crippen LogP contribution in [0.4, 0.5) is 13.2 Å². The highest BCUT2D eigenvalue weighted by molar-refractivity contribution is 6.30. The van der Waals surface area contributed by atoms with Crippen molar-refractivity contribution in [2.24, 2.45) is 17.8 Å². The summed E-state index contributed by atoms with van der Waals surface area (Å²) in [5.41, 5.74) is 2.17. The van der Waals surface area contributed by atoms with Crippen LogP contribution in [-0.2, 0) is 12.8 Å². The molecule has 2 aliphatic carbocycles. The second-order valence-corrected chi connectivity index (χ2v) is 11.2. The number of aryl methyl sites for hydroxylation is 2. The summed E-state index contributed by atoms with van der Waals surface area (Å²) in [5, 5.41) is -0.492. The van der Waals surface area contributed by atoms with Gasteiger partial charge in [-0.25, -0.2) is 13.2 Å². The highest BCUT2D eigenvalue weighted by Gasteiger charge is 2.25. The first-order valence-electron chi connectivity index (χ1n) is 13.3. The molecule has 2 aromatic rings. The molecule has 0 nitrogen and oxygen atoms in total. The monoisotopic (exact) mass is 490 g/mol. The Labute approximate surface area is 208 Å². The zero-order valence-corrected chi connectivity index (χ0v) is 21.2. The van der Waals surface area contributed by atoms with E-state index in [-0.39, 0.29) is 5.82 Å². The summed E-state index contributed by atoms with van der Waals surface area (Å²) >= 11 is 5.54. The van der Waals surface area contributed by atoms with Crippen LogP contribution in [0.25, 0.3) is 0 Å². The van der Waals surface area contributed by atoms with Crippen molar-refractivity contribution in [2.45, 2.75) is 96.3 Å². The maximum atomic E-state index is 14.8. The van der Waals surface area contributed by atoms with Crippen molar-refractivity contribution in [3.8, 4) is 0 Å². The average Bonchev–Trinajstić information content (AvgIpc) is 2.86. The molecule has 34 heavy (non-hydrogen) atoms. The first-order chi connectivity index (χ1) is 16.4. The van der Waals surface area contributed by atoms with E-state index in [1.165, 1.54) is 69.9 Å². The van der Waals surface area contributed by atoms with Crippen LogP contribution in [0.3, 0.4) is 0 Å². The second-order valence-electron chi connectivity index (χ2n) is 10.8. The van der Waals surface area contributed by atoms with Gasteiger partial charge in [-0.05, 0) is 97.1 Å². The smallest absolute Gasteiger partial charge is 0.145 e. The number of hydrogen-bond donors (Lipinski definition) is 0. The predicted molar refractivity (Wildman–Crippen MR) is 135 cm³/mol. The molecule has 2 aromatic carbocycles. The molecular weight excluding hydrogens is 453 g/mol. The van der Waals surface area contributed by atoms with Crippen LogP contribution in [0, 0.1) is 35.2 Å². The summed E-state index contributed by atoms with van der Waals surface area (Å²) < 4.78 is 42.1. The van der Waals surface area contributed by atoms with Crippen molar-refractivity contribution in [3.63, 3.8) is 0 Å². The molecule has 0 atom stereocenters. The summed E-state index contributed by atoms with van der Waals surface area (Å²) in [6, 6.07) is 8.05. The Morgan fingerprint density at radius 2 is 1.26 bits per heavy atom. The Bertz CT molecular complexity index is 917. The highest BCUT2D eigenvalue weighted by Crippen LogP contribution is 2.40. The fourth-order valence-electron chi connectivity index (χ4n) is 6.24. The van der Waals surface area contributed by atoms with Gasteiger partial charge in [0.15, 0.2) is 0 Å². The van der Waals surface area contributed by atoms with Gasteiger partial charge in [0.1, 0.15) is 22.5 Å². The van der Waals surface area contributed by atoms with Crippen molar-refractivity contribution < 1.29 is 13.2 Å². The van der Waals surface area contributed by atoms with E-state index >= 15 is 0 Å². The molecule has 0 N–H and O–H groups in total. The van der Waals surface area contributed by atoms with Gasteiger partial charge in [0.05, 0.1) is 0 Å². The van der Waals surface area contributed by atoms with Gasteiger partial charge in [0.25, 0.3) is 0 Å². The van der Waals surface area contributed by atoms with E-state index in [9.17, 15) is 13.2 Å². The number of halogens is 4. The molecule has 0 aliphatic heterocycles. The molecule has 0 heterocycles. The van der Waals surface area contributed by atoms with Crippen LogP contribution in [0.5, 0.6) is 0 Å². The van der Waals surface area contributed by atoms with Gasteiger partial charge in [0.2, 0.25) is 0 Å². The Kier molecular flexibility index (Phi) is 9.02. The molecule has 0 spiro atoms. The summed E-state index contributed by atoms with van der Waals surface area (Å²) in [7, 11) is 0. The third kappa shape index (κ3) is 6.59. The van der Waals surface area contributed by atoms with E-state index in [0.717, 1.165) is 36.2 Å². The Balaban J connectivity index is 1.23. The van der Waals surface area contributed by atoms with E-state index in [1.807, 2.05) is 6.07 Å². The van der Waals surface area contributed by atoms with E-state index in [4.69, 9.17) is 11.6 Å². The third-order valence-corrected chi connectivity index (χ3v) is 9.01. The molecule has 4 heteroatoms. The quantitative estimate of drug-likeness (QED) is 0.323. The van der Waals surface area contributed by atoms with Gasteiger partial charge < -0.3 is 0 Å². The maximum Gasteiger partial charge on any atom is 0.145 e. The van der Waals surface area contributed by atoms with Crippen LogP contribution in [0.1, 0.15) is 100 Å². The lowest BCUT2D eigenvalue weighted by Gasteiger charge is -2.32. The van der Waals surface area contributed by atoms with Crippen molar-refractivity contribution >= 4 is 11.6 Å². The molecular formula is C30H38ClF3. The van der Waals surface area contributed by atoms with Crippen LogP contribution in [0.15, 0.2) is 30.3 Å². The lowest BCUT2D eigenvalue weighted by atomic mass is 9.74. The molecule has 2 aliphatic rings. The van der Waals surface area contributed by atoms with Crippen LogP contribution in [0.2, 0.25) is 5.02 Å². The van der Waals surface area contributed by atoms with Crippen molar-refractivity contribution in [1.29, 1.82) is 0 Å². The van der Waals surface area contributed by atoms with Crippen LogP contribution in [-0.4, -0.2) is 0 Å². The number of rotatable bonds is 8. The standard InChI is InChI=1S/C30H38ClF3/c1-2-20-3-5-21(6-4-20)7-8-22-9-12-24(13-10-22)26-16-15-25(27(32)19-26)14-11-23-17-28(33)30(31)29(34)18-23/h15-22,24H,2-14H2,1H3/t20-,21-,22?,24?. The van der Waals surface area contributed by atoms with E-state index in [1.54, 1.807) is 6.07 Å². The Hall–Kier alpha value is -1.48. The highest BCUT2D eigenvalue weighted by atomic mass is 35.5. The molecule has 2 saturated carbocycles. The summed E-state index contributed by atoms with van der Waals surface area (Å²) in [6.07, 6.45) is 15.4. The molecule has 0 bridgehead atoms. The number of hydrogen-bond acceptors (Lipinski definition) is 0. The van der Waals surface area contributed by atoms with Gasteiger partial charge in [-0.3, -0.25) is 0 Å². The lowest BCUT2D eigenvalue weighted by Crippen LogP contribution is -2.17.